The Balaban J connectivity index is 2.57. The maximum atomic E-state index is 9.30. The summed E-state index contributed by atoms with van der Waals surface area (Å²) in [5.74, 6) is 0.201. The van der Waals surface area contributed by atoms with Gasteiger partial charge in [0.05, 0.1) is 6.04 Å². The van der Waals surface area contributed by atoms with Gasteiger partial charge in [-0.2, -0.15) is 0 Å². The van der Waals surface area contributed by atoms with E-state index in [0.29, 0.717) is 5.02 Å². The predicted molar refractivity (Wildman–Crippen MR) is 49.0 cm³/mol. The molecule has 2 nitrogen and oxygen atoms in total. The molecule has 3 heteroatoms. The minimum absolute atomic E-state index is 0.201. The molecule has 0 heterocycles. The van der Waals surface area contributed by atoms with Crippen LogP contribution in [0.1, 0.15) is 17.2 Å². The average Bonchev–Trinajstić information content (AvgIpc) is 2.28. The van der Waals surface area contributed by atoms with E-state index in [9.17, 15) is 5.11 Å². The van der Waals surface area contributed by atoms with Crippen LogP contribution < -0.4 is 5.73 Å². The molecule has 0 radical (unpaired) electrons. The number of hydrogen-bond donors (Lipinski definition) is 2. The second-order valence-electron chi connectivity index (χ2n) is 2.82. The minimum Gasteiger partial charge on any atom is -0.510 e. The minimum atomic E-state index is -0.378. The first-order chi connectivity index (χ1) is 5.68. The summed E-state index contributed by atoms with van der Waals surface area (Å²) < 4.78 is 0. The summed E-state index contributed by atoms with van der Waals surface area (Å²) in [5, 5.41) is 9.96. The van der Waals surface area contributed by atoms with Gasteiger partial charge >= 0.3 is 0 Å². The van der Waals surface area contributed by atoms with Gasteiger partial charge in [0.25, 0.3) is 0 Å². The Morgan fingerprint density at radius 3 is 2.92 bits per heavy atom. The van der Waals surface area contributed by atoms with Gasteiger partial charge in [0.15, 0.2) is 0 Å². The van der Waals surface area contributed by atoms with Gasteiger partial charge in [-0.15, -0.1) is 0 Å². The van der Waals surface area contributed by atoms with Crippen molar-refractivity contribution < 1.29 is 5.11 Å². The van der Waals surface area contributed by atoms with E-state index in [1.807, 2.05) is 6.07 Å². The normalized spacial score (nSPS) is 20.5. The van der Waals surface area contributed by atoms with Crippen LogP contribution in [0.15, 0.2) is 24.0 Å². The van der Waals surface area contributed by atoms with Crippen LogP contribution in [-0.4, -0.2) is 5.11 Å². The molecular weight excluding hydrogens is 174 g/mol. The molecule has 0 saturated heterocycles. The number of aliphatic hydroxyl groups is 1. The Kier molecular flexibility index (Phi) is 1.60. The van der Waals surface area contributed by atoms with Crippen LogP contribution >= 0.6 is 11.6 Å². The number of benzene rings is 1. The molecule has 0 fully saturated rings. The molecule has 0 bridgehead atoms. The first-order valence-electron chi connectivity index (χ1n) is 3.64. The summed E-state index contributed by atoms with van der Waals surface area (Å²) in [6.07, 6.45) is 1.64. The Labute approximate surface area is 75.3 Å². The van der Waals surface area contributed by atoms with Gasteiger partial charge in [-0.1, -0.05) is 17.7 Å². The van der Waals surface area contributed by atoms with Crippen molar-refractivity contribution in [2.45, 2.75) is 6.04 Å². The molecule has 0 saturated carbocycles. The van der Waals surface area contributed by atoms with Gasteiger partial charge in [-0.25, -0.2) is 0 Å². The zero-order chi connectivity index (χ0) is 8.72. The molecule has 3 N–H and O–H groups in total. The zero-order valence-electron chi connectivity index (χ0n) is 6.29. The van der Waals surface area contributed by atoms with Crippen molar-refractivity contribution in [1.29, 1.82) is 0 Å². The summed E-state index contributed by atoms with van der Waals surface area (Å²) in [6, 6.07) is 5.02. The molecule has 2 rings (SSSR count). The average molecular weight is 182 g/mol. The van der Waals surface area contributed by atoms with Crippen LogP contribution in [0, 0.1) is 0 Å². The second kappa shape index (κ2) is 2.51. The fraction of sp³-hybridized carbons (Fsp3) is 0.111. The standard InChI is InChI=1S/C9H8ClNO/c10-6-1-2-7-5(3-6)4-8(12)9(7)11/h1-4,9,12H,11H2/t9-/m1/s1. The maximum Gasteiger partial charge on any atom is 0.114 e. The predicted octanol–water partition coefficient (Wildman–Crippen LogP) is 2.25. The van der Waals surface area contributed by atoms with Crippen molar-refractivity contribution in [3.8, 4) is 0 Å². The number of aliphatic hydroxyl groups excluding tert-OH is 1. The SMILES string of the molecule is N[C@H]1C(O)=Cc2cc(Cl)ccc21. The van der Waals surface area contributed by atoms with E-state index in [4.69, 9.17) is 17.3 Å². The third kappa shape index (κ3) is 1.00. The lowest BCUT2D eigenvalue weighted by Gasteiger charge is -2.05. The van der Waals surface area contributed by atoms with E-state index in [2.05, 4.69) is 0 Å². The number of rotatable bonds is 0. The van der Waals surface area contributed by atoms with E-state index in [1.165, 1.54) is 0 Å². The van der Waals surface area contributed by atoms with Crippen LogP contribution in [-0.2, 0) is 0 Å². The number of halogens is 1. The summed E-state index contributed by atoms with van der Waals surface area (Å²) in [5.41, 5.74) is 7.52. The van der Waals surface area contributed by atoms with E-state index in [1.54, 1.807) is 18.2 Å². The molecular formula is C9H8ClNO. The summed E-state index contributed by atoms with van der Waals surface area (Å²) in [4.78, 5) is 0. The first-order valence-corrected chi connectivity index (χ1v) is 4.02. The first kappa shape index (κ1) is 7.65. The molecule has 0 aliphatic heterocycles. The van der Waals surface area contributed by atoms with Crippen molar-refractivity contribution in [2.24, 2.45) is 5.73 Å². The van der Waals surface area contributed by atoms with Gasteiger partial charge < -0.3 is 10.8 Å². The number of hydrogen-bond acceptors (Lipinski definition) is 2. The van der Waals surface area contributed by atoms with E-state index >= 15 is 0 Å². The summed E-state index contributed by atoms with van der Waals surface area (Å²) in [7, 11) is 0. The molecule has 1 aromatic rings. The molecule has 12 heavy (non-hydrogen) atoms. The lowest BCUT2D eigenvalue weighted by Crippen LogP contribution is -2.09. The Hall–Kier alpha value is -0.990. The molecule has 0 unspecified atom stereocenters. The monoisotopic (exact) mass is 181 g/mol. The summed E-state index contributed by atoms with van der Waals surface area (Å²) >= 11 is 5.77. The fourth-order valence-corrected chi connectivity index (χ4v) is 1.54. The van der Waals surface area contributed by atoms with Crippen molar-refractivity contribution >= 4 is 17.7 Å². The lowest BCUT2D eigenvalue weighted by atomic mass is 10.1. The smallest absolute Gasteiger partial charge is 0.114 e. The largest absolute Gasteiger partial charge is 0.510 e. The third-order valence-electron chi connectivity index (χ3n) is 2.01. The zero-order valence-corrected chi connectivity index (χ0v) is 7.05. The van der Waals surface area contributed by atoms with Crippen LogP contribution in [0.5, 0.6) is 0 Å². The maximum absolute atomic E-state index is 9.30. The number of nitrogens with two attached hydrogens (primary N) is 1. The molecule has 1 aliphatic carbocycles. The van der Waals surface area contributed by atoms with E-state index < -0.39 is 0 Å². The lowest BCUT2D eigenvalue weighted by molar-refractivity contribution is 0.380. The highest BCUT2D eigenvalue weighted by atomic mass is 35.5. The third-order valence-corrected chi connectivity index (χ3v) is 2.24. The van der Waals surface area contributed by atoms with Crippen LogP contribution in [0.3, 0.4) is 0 Å². The molecule has 1 atom stereocenters. The quantitative estimate of drug-likeness (QED) is 0.645. The Morgan fingerprint density at radius 1 is 1.42 bits per heavy atom. The highest BCUT2D eigenvalue weighted by molar-refractivity contribution is 6.30. The van der Waals surface area contributed by atoms with E-state index in [0.717, 1.165) is 11.1 Å². The van der Waals surface area contributed by atoms with Crippen molar-refractivity contribution in [3.63, 3.8) is 0 Å². The van der Waals surface area contributed by atoms with Crippen LogP contribution in [0.25, 0.3) is 6.08 Å². The van der Waals surface area contributed by atoms with E-state index in [-0.39, 0.29) is 11.8 Å². The molecule has 62 valence electrons. The van der Waals surface area contributed by atoms with Crippen LogP contribution in [0.2, 0.25) is 5.02 Å². The van der Waals surface area contributed by atoms with Gasteiger partial charge in [0.2, 0.25) is 0 Å². The fourth-order valence-electron chi connectivity index (χ4n) is 1.36. The number of fused-ring (bicyclic) bond motifs is 1. The van der Waals surface area contributed by atoms with Crippen molar-refractivity contribution in [2.75, 3.05) is 0 Å². The summed E-state index contributed by atoms with van der Waals surface area (Å²) in [6.45, 7) is 0. The van der Waals surface area contributed by atoms with Crippen molar-refractivity contribution in [3.05, 3.63) is 40.1 Å². The van der Waals surface area contributed by atoms with Gasteiger partial charge in [-0.3, -0.25) is 0 Å². The molecule has 0 amide bonds. The highest BCUT2D eigenvalue weighted by Gasteiger charge is 2.20. The highest BCUT2D eigenvalue weighted by Crippen LogP contribution is 2.32. The van der Waals surface area contributed by atoms with Crippen molar-refractivity contribution in [1.82, 2.24) is 0 Å². The van der Waals surface area contributed by atoms with Gasteiger partial charge in [-0.05, 0) is 29.3 Å². The molecule has 0 spiro atoms. The topological polar surface area (TPSA) is 46.2 Å². The second-order valence-corrected chi connectivity index (χ2v) is 3.26. The van der Waals surface area contributed by atoms with Crippen LogP contribution in [0.4, 0.5) is 0 Å². The Morgan fingerprint density at radius 2 is 2.17 bits per heavy atom. The molecule has 1 aromatic carbocycles. The molecule has 1 aliphatic rings. The van der Waals surface area contributed by atoms with Gasteiger partial charge in [0, 0.05) is 5.02 Å². The Bertz CT molecular complexity index is 360. The molecule has 0 aromatic heterocycles. The van der Waals surface area contributed by atoms with Gasteiger partial charge in [0.1, 0.15) is 5.76 Å².